The smallest absolute Gasteiger partial charge is 0.339 e. The number of phenols is 1. The summed E-state index contributed by atoms with van der Waals surface area (Å²) in [6, 6.07) is 7.00. The summed E-state index contributed by atoms with van der Waals surface area (Å²) in [5.41, 5.74) is -0.167. The number of esters is 1. The van der Waals surface area contributed by atoms with E-state index in [1.165, 1.54) is 51.4 Å². The number of nitrogens with zero attached hydrogens (tertiary/aromatic N) is 1. The first kappa shape index (κ1) is 21.9. The van der Waals surface area contributed by atoms with Crippen LogP contribution in [0, 0.1) is 0 Å². The summed E-state index contributed by atoms with van der Waals surface area (Å²) in [5, 5.41) is 21.1. The van der Waals surface area contributed by atoms with Crippen LogP contribution in [0.1, 0.15) is 57.4 Å². The highest BCUT2D eigenvalue weighted by atomic mass is 16.5. The third kappa shape index (κ3) is 4.55. The minimum atomic E-state index is -0.815. The fourth-order valence-electron chi connectivity index (χ4n) is 2.77. The molecule has 154 valence electrons. The predicted molar refractivity (Wildman–Crippen MR) is 105 cm³/mol. The molecular formula is C21H23NO7. The van der Waals surface area contributed by atoms with Crippen molar-refractivity contribution < 1.29 is 34.2 Å². The number of hydrogen-bond acceptors (Lipinski definition) is 8. The van der Waals surface area contributed by atoms with Crippen molar-refractivity contribution in [3.63, 3.8) is 0 Å². The maximum Gasteiger partial charge on any atom is 0.339 e. The van der Waals surface area contributed by atoms with Gasteiger partial charge in [-0.05, 0) is 26.8 Å². The average molecular weight is 401 g/mol. The van der Waals surface area contributed by atoms with Crippen LogP contribution >= 0.6 is 0 Å². The number of hydroxylamine groups is 1. The number of anilines is 1. The highest BCUT2D eigenvalue weighted by Gasteiger charge is 2.30. The quantitative estimate of drug-likeness (QED) is 0.413. The Bertz CT molecular complexity index is 946. The van der Waals surface area contributed by atoms with Crippen molar-refractivity contribution in [2.45, 2.75) is 26.9 Å². The molecule has 29 heavy (non-hydrogen) atoms. The van der Waals surface area contributed by atoms with Crippen molar-refractivity contribution >= 4 is 23.2 Å². The van der Waals surface area contributed by atoms with Gasteiger partial charge in [0.1, 0.15) is 5.69 Å². The summed E-state index contributed by atoms with van der Waals surface area (Å²) in [6.07, 6.45) is -0.463. The second-order valence-electron chi connectivity index (χ2n) is 6.64. The van der Waals surface area contributed by atoms with Crippen LogP contribution in [0.2, 0.25) is 0 Å². The van der Waals surface area contributed by atoms with Gasteiger partial charge in [-0.2, -0.15) is 0 Å². The van der Waals surface area contributed by atoms with Gasteiger partial charge in [-0.1, -0.05) is 24.3 Å². The molecule has 0 saturated carbocycles. The van der Waals surface area contributed by atoms with Gasteiger partial charge < -0.3 is 14.6 Å². The lowest BCUT2D eigenvalue weighted by molar-refractivity contribution is 0.0375. The monoisotopic (exact) mass is 401 g/mol. The van der Waals surface area contributed by atoms with E-state index in [1.54, 1.807) is 13.8 Å². The minimum absolute atomic E-state index is 0.111. The van der Waals surface area contributed by atoms with Crippen molar-refractivity contribution in [1.82, 2.24) is 0 Å². The molecule has 0 aliphatic heterocycles. The van der Waals surface area contributed by atoms with E-state index in [9.17, 15) is 24.7 Å². The number of carbonyl (C=O) groups excluding carboxylic acids is 3. The number of aromatic hydroxyl groups is 1. The number of benzene rings is 2. The Kier molecular flexibility index (Phi) is 6.60. The van der Waals surface area contributed by atoms with Gasteiger partial charge in [0.2, 0.25) is 0 Å². The summed E-state index contributed by atoms with van der Waals surface area (Å²) in [7, 11) is 2.47. The maximum absolute atomic E-state index is 13.2. The number of Topliss-reactive ketones (excluding diaryl/α,β-unsaturated/α-hetero) is 1. The molecule has 0 aliphatic rings. The Labute approximate surface area is 168 Å². The van der Waals surface area contributed by atoms with Gasteiger partial charge in [-0.25, -0.2) is 4.79 Å². The van der Waals surface area contributed by atoms with Gasteiger partial charge in [-0.3, -0.25) is 19.9 Å². The summed E-state index contributed by atoms with van der Waals surface area (Å²) >= 11 is 0. The molecule has 0 aliphatic carbocycles. The second-order valence-corrected chi connectivity index (χ2v) is 6.64. The molecule has 0 atom stereocenters. The lowest BCUT2D eigenvalue weighted by Crippen LogP contribution is -2.21. The number of hydrogen-bond donors (Lipinski definition) is 2. The molecule has 2 aromatic carbocycles. The average Bonchev–Trinajstić information content (AvgIpc) is 2.66. The Morgan fingerprint density at radius 2 is 1.62 bits per heavy atom. The van der Waals surface area contributed by atoms with E-state index in [2.05, 4.69) is 0 Å². The number of carbonyl (C=O) groups is 3. The fourth-order valence-corrected chi connectivity index (χ4v) is 2.77. The van der Waals surface area contributed by atoms with Gasteiger partial charge in [0.15, 0.2) is 23.1 Å². The van der Waals surface area contributed by atoms with Gasteiger partial charge in [0.25, 0.3) is 0 Å². The molecule has 2 N–H and O–H groups in total. The van der Waals surface area contributed by atoms with Crippen molar-refractivity contribution in [3.05, 3.63) is 52.6 Å². The van der Waals surface area contributed by atoms with Gasteiger partial charge >= 0.3 is 5.97 Å². The van der Waals surface area contributed by atoms with Crippen molar-refractivity contribution in [3.8, 4) is 11.5 Å². The Morgan fingerprint density at radius 1 is 1.07 bits per heavy atom. The normalized spacial score (nSPS) is 10.6. The van der Waals surface area contributed by atoms with Crippen LogP contribution in [0.5, 0.6) is 11.5 Å². The third-order valence-corrected chi connectivity index (χ3v) is 4.13. The first-order valence-corrected chi connectivity index (χ1v) is 8.81. The number of methoxy groups -OCH3 is 1. The van der Waals surface area contributed by atoms with Crippen molar-refractivity contribution in [2.24, 2.45) is 0 Å². The molecule has 0 bridgehead atoms. The Balaban J connectivity index is 2.74. The highest BCUT2D eigenvalue weighted by molar-refractivity contribution is 6.19. The Hall–Kier alpha value is -3.39. The van der Waals surface area contributed by atoms with Crippen LogP contribution in [0.25, 0.3) is 0 Å². The number of phenolic OH excluding ortho intramolecular Hbond substituents is 1. The van der Waals surface area contributed by atoms with Crippen molar-refractivity contribution in [1.29, 1.82) is 0 Å². The highest BCUT2D eigenvalue weighted by Crippen LogP contribution is 2.42. The molecule has 8 nitrogen and oxygen atoms in total. The number of ether oxygens (including phenoxy) is 2. The second kappa shape index (κ2) is 8.74. The molecule has 8 heteroatoms. The number of rotatable bonds is 7. The standard InChI is InChI=1S/C21H23NO7/c1-11(2)29-21(26)15-10-16(28-5)20(25)18(22(4)27)17(15)19(24)14-8-6-13(7-9-14)12(3)23/h6-11,25,27H,1-5H3. The topological polar surface area (TPSA) is 113 Å². The fraction of sp³-hybridized carbons (Fsp3) is 0.286. The van der Waals surface area contributed by atoms with E-state index >= 15 is 0 Å². The van der Waals surface area contributed by atoms with E-state index in [1.807, 2.05) is 0 Å². The van der Waals surface area contributed by atoms with E-state index < -0.39 is 23.6 Å². The van der Waals surface area contributed by atoms with E-state index in [0.717, 1.165) is 0 Å². The summed E-state index contributed by atoms with van der Waals surface area (Å²) in [5.74, 6) is -2.25. The molecule has 2 aromatic rings. The van der Waals surface area contributed by atoms with Crippen LogP contribution in [0.15, 0.2) is 30.3 Å². The van der Waals surface area contributed by atoms with Crippen LogP contribution < -0.4 is 9.80 Å². The molecule has 2 rings (SSSR count). The van der Waals surface area contributed by atoms with Crippen LogP contribution in [-0.2, 0) is 4.74 Å². The molecule has 0 saturated heterocycles. The molecular weight excluding hydrogens is 378 g/mol. The SMILES string of the molecule is COc1cc(C(=O)OC(C)C)c(C(=O)c2ccc(C(C)=O)cc2)c(N(C)O)c1O. The summed E-state index contributed by atoms with van der Waals surface area (Å²) < 4.78 is 10.3. The maximum atomic E-state index is 13.2. The van der Waals surface area contributed by atoms with Crippen LogP contribution in [0.3, 0.4) is 0 Å². The lowest BCUT2D eigenvalue weighted by Gasteiger charge is -2.21. The Morgan fingerprint density at radius 3 is 2.07 bits per heavy atom. The largest absolute Gasteiger partial charge is 0.503 e. The van der Waals surface area contributed by atoms with Crippen LogP contribution in [-0.4, -0.2) is 48.1 Å². The zero-order valence-electron chi connectivity index (χ0n) is 16.8. The first-order chi connectivity index (χ1) is 13.6. The molecule has 0 unspecified atom stereocenters. The molecule has 0 radical (unpaired) electrons. The first-order valence-electron chi connectivity index (χ1n) is 8.81. The summed E-state index contributed by atoms with van der Waals surface area (Å²) in [6.45, 7) is 4.70. The molecule has 0 aromatic heterocycles. The van der Waals surface area contributed by atoms with Crippen LogP contribution in [0.4, 0.5) is 5.69 Å². The predicted octanol–water partition coefficient (Wildman–Crippen LogP) is 3.23. The zero-order valence-corrected chi connectivity index (χ0v) is 16.8. The van der Waals surface area contributed by atoms with E-state index in [4.69, 9.17) is 9.47 Å². The molecule has 0 fully saturated rings. The summed E-state index contributed by atoms with van der Waals surface area (Å²) in [4.78, 5) is 37.4. The third-order valence-electron chi connectivity index (χ3n) is 4.13. The van der Waals surface area contributed by atoms with E-state index in [0.29, 0.717) is 10.6 Å². The molecule has 0 spiro atoms. The van der Waals surface area contributed by atoms with Crippen molar-refractivity contribution in [2.75, 3.05) is 19.2 Å². The van der Waals surface area contributed by atoms with Gasteiger partial charge in [0.05, 0.1) is 24.3 Å². The lowest BCUT2D eigenvalue weighted by atomic mass is 9.94. The minimum Gasteiger partial charge on any atom is -0.503 e. The van der Waals surface area contributed by atoms with Gasteiger partial charge in [0, 0.05) is 18.2 Å². The zero-order chi connectivity index (χ0) is 21.9. The van der Waals surface area contributed by atoms with Gasteiger partial charge in [-0.15, -0.1) is 0 Å². The molecule has 0 amide bonds. The van der Waals surface area contributed by atoms with E-state index in [-0.39, 0.29) is 33.9 Å². The number of ketones is 2. The molecule has 0 heterocycles.